The van der Waals surface area contributed by atoms with Crippen LogP contribution in [-0.2, 0) is 0 Å². The first kappa shape index (κ1) is 11.1. The van der Waals surface area contributed by atoms with Crippen molar-refractivity contribution in [3.05, 3.63) is 0 Å². The molecule has 0 heterocycles. The lowest BCUT2D eigenvalue weighted by atomic mass is 10.8. The molecular weight excluding hydrogens is 116 g/mol. The first-order valence-corrected chi connectivity index (χ1v) is 3.07. The summed E-state index contributed by atoms with van der Waals surface area (Å²) >= 11 is 0. The summed E-state index contributed by atoms with van der Waals surface area (Å²) in [6, 6.07) is 0. The normalized spacial score (nSPS) is 9.78. The SMILES string of the molecule is CC.CCN=NN=NC. The van der Waals surface area contributed by atoms with Gasteiger partial charge in [0.05, 0.1) is 13.6 Å². The monoisotopic (exact) mass is 130 g/mol. The first-order valence-electron chi connectivity index (χ1n) is 3.07. The summed E-state index contributed by atoms with van der Waals surface area (Å²) in [6.07, 6.45) is 0. The zero-order valence-corrected chi connectivity index (χ0v) is 6.50. The van der Waals surface area contributed by atoms with Gasteiger partial charge in [0.15, 0.2) is 0 Å². The quantitative estimate of drug-likeness (QED) is 0.407. The molecule has 0 rings (SSSR count). The maximum absolute atomic E-state index is 3.53. The maximum Gasteiger partial charge on any atom is 0.0593 e. The molecule has 0 bridgehead atoms. The van der Waals surface area contributed by atoms with Crippen molar-refractivity contribution in [2.24, 2.45) is 20.7 Å². The van der Waals surface area contributed by atoms with E-state index in [0.29, 0.717) is 6.54 Å². The Balaban J connectivity index is 0. The van der Waals surface area contributed by atoms with Crippen LogP contribution in [0.4, 0.5) is 0 Å². The molecule has 0 unspecified atom stereocenters. The number of hydrogen-bond acceptors (Lipinski definition) is 2. The van der Waals surface area contributed by atoms with E-state index in [9.17, 15) is 0 Å². The summed E-state index contributed by atoms with van der Waals surface area (Å²) in [6.45, 7) is 6.55. The average molecular weight is 130 g/mol. The molecule has 0 saturated carbocycles. The standard InChI is InChI=1S/C3H8N4.C2H6/c1-3-5-7-6-4-2;1-2/h3H2,1-2H3;1-2H3. The van der Waals surface area contributed by atoms with Crippen molar-refractivity contribution in [2.75, 3.05) is 13.6 Å². The highest BCUT2D eigenvalue weighted by Crippen LogP contribution is 1.74. The Hall–Kier alpha value is -0.800. The van der Waals surface area contributed by atoms with Gasteiger partial charge in [0.1, 0.15) is 0 Å². The third kappa shape index (κ3) is 19.0. The summed E-state index contributed by atoms with van der Waals surface area (Å²) in [5.41, 5.74) is 0. The average Bonchev–Trinajstić information content (AvgIpc) is 1.94. The smallest absolute Gasteiger partial charge is 0.0593 e. The van der Waals surface area contributed by atoms with Gasteiger partial charge in [0.25, 0.3) is 0 Å². The Kier molecular flexibility index (Phi) is 19.3. The van der Waals surface area contributed by atoms with Crippen molar-refractivity contribution in [3.63, 3.8) is 0 Å². The van der Waals surface area contributed by atoms with E-state index in [1.165, 1.54) is 0 Å². The zero-order valence-electron chi connectivity index (χ0n) is 6.50. The number of nitrogens with zero attached hydrogens (tertiary/aromatic N) is 4. The predicted molar refractivity (Wildman–Crippen MR) is 37.5 cm³/mol. The van der Waals surface area contributed by atoms with Crippen LogP contribution in [0, 0.1) is 0 Å². The van der Waals surface area contributed by atoms with Gasteiger partial charge >= 0.3 is 0 Å². The maximum atomic E-state index is 3.53. The van der Waals surface area contributed by atoms with Crippen LogP contribution >= 0.6 is 0 Å². The Labute approximate surface area is 56.1 Å². The largest absolute Gasteiger partial charge is 0.171 e. The molecule has 4 heteroatoms. The molecule has 0 radical (unpaired) electrons. The van der Waals surface area contributed by atoms with Gasteiger partial charge in [-0.3, -0.25) is 0 Å². The van der Waals surface area contributed by atoms with E-state index in [2.05, 4.69) is 20.7 Å². The molecule has 54 valence electrons. The second kappa shape index (κ2) is 15.7. The van der Waals surface area contributed by atoms with Gasteiger partial charge in [-0.15, -0.1) is 0 Å². The number of hydrogen-bond donors (Lipinski definition) is 0. The molecule has 0 aromatic rings. The van der Waals surface area contributed by atoms with Crippen LogP contribution in [0.1, 0.15) is 20.8 Å². The lowest BCUT2D eigenvalue weighted by Crippen LogP contribution is -1.58. The zero-order chi connectivity index (χ0) is 7.54. The van der Waals surface area contributed by atoms with E-state index in [4.69, 9.17) is 0 Å². The van der Waals surface area contributed by atoms with Gasteiger partial charge in [0.2, 0.25) is 0 Å². The van der Waals surface area contributed by atoms with Crippen LogP contribution in [0.2, 0.25) is 0 Å². The van der Waals surface area contributed by atoms with E-state index < -0.39 is 0 Å². The highest BCUT2D eigenvalue weighted by molar-refractivity contribution is 4.18. The lowest BCUT2D eigenvalue weighted by Gasteiger charge is -1.69. The van der Waals surface area contributed by atoms with Crippen molar-refractivity contribution in [3.8, 4) is 0 Å². The van der Waals surface area contributed by atoms with Crippen LogP contribution in [0.25, 0.3) is 0 Å². The second-order valence-electron chi connectivity index (χ2n) is 0.837. The van der Waals surface area contributed by atoms with Crippen LogP contribution in [0.5, 0.6) is 0 Å². The molecule has 0 atom stereocenters. The highest BCUT2D eigenvalue weighted by atomic mass is 15.4. The fourth-order valence-electron chi connectivity index (χ4n) is 0.132. The van der Waals surface area contributed by atoms with Crippen LogP contribution < -0.4 is 0 Å². The lowest BCUT2D eigenvalue weighted by molar-refractivity contribution is 0.865. The Morgan fingerprint density at radius 3 is 2.00 bits per heavy atom. The van der Waals surface area contributed by atoms with Gasteiger partial charge in [-0.05, 0) is 17.4 Å². The third-order valence-electron chi connectivity index (χ3n) is 0.334. The third-order valence-corrected chi connectivity index (χ3v) is 0.334. The highest BCUT2D eigenvalue weighted by Gasteiger charge is 1.59. The van der Waals surface area contributed by atoms with Crippen molar-refractivity contribution in [1.29, 1.82) is 0 Å². The Bertz CT molecular complexity index is 77.0. The molecule has 0 amide bonds. The molecule has 0 aromatic carbocycles. The molecule has 0 aliphatic heterocycles. The summed E-state index contributed by atoms with van der Waals surface area (Å²) in [5.74, 6) is 0. The van der Waals surface area contributed by atoms with Gasteiger partial charge in [0, 0.05) is 0 Å². The van der Waals surface area contributed by atoms with Gasteiger partial charge in [-0.25, -0.2) is 0 Å². The number of rotatable bonds is 2. The molecule has 0 aliphatic carbocycles. The van der Waals surface area contributed by atoms with E-state index in [-0.39, 0.29) is 0 Å². The van der Waals surface area contributed by atoms with Crippen LogP contribution in [-0.4, -0.2) is 13.6 Å². The topological polar surface area (TPSA) is 49.4 Å². The fourth-order valence-corrected chi connectivity index (χ4v) is 0.132. The summed E-state index contributed by atoms with van der Waals surface area (Å²) < 4.78 is 0. The van der Waals surface area contributed by atoms with Crippen molar-refractivity contribution < 1.29 is 0 Å². The molecular formula is C5H14N4. The van der Waals surface area contributed by atoms with Crippen molar-refractivity contribution in [2.45, 2.75) is 20.8 Å². The van der Waals surface area contributed by atoms with E-state index in [1.807, 2.05) is 20.8 Å². The van der Waals surface area contributed by atoms with Crippen LogP contribution in [0.3, 0.4) is 0 Å². The molecule has 9 heavy (non-hydrogen) atoms. The molecule has 4 nitrogen and oxygen atoms in total. The predicted octanol–water partition coefficient (Wildman–Crippen LogP) is 2.48. The van der Waals surface area contributed by atoms with Crippen LogP contribution in [0.15, 0.2) is 20.7 Å². The van der Waals surface area contributed by atoms with E-state index in [1.54, 1.807) is 7.05 Å². The molecule has 0 saturated heterocycles. The molecule has 0 aromatic heterocycles. The molecule has 0 fully saturated rings. The summed E-state index contributed by atoms with van der Waals surface area (Å²) in [4.78, 5) is 0. The first-order chi connectivity index (χ1) is 4.41. The van der Waals surface area contributed by atoms with E-state index in [0.717, 1.165) is 0 Å². The van der Waals surface area contributed by atoms with Gasteiger partial charge in [-0.1, -0.05) is 13.8 Å². The summed E-state index contributed by atoms with van der Waals surface area (Å²) in [7, 11) is 1.55. The van der Waals surface area contributed by atoms with Gasteiger partial charge in [-0.2, -0.15) is 10.2 Å². The second-order valence-corrected chi connectivity index (χ2v) is 0.837. The van der Waals surface area contributed by atoms with E-state index >= 15 is 0 Å². The Morgan fingerprint density at radius 1 is 1.11 bits per heavy atom. The van der Waals surface area contributed by atoms with Gasteiger partial charge < -0.3 is 0 Å². The van der Waals surface area contributed by atoms with Crippen molar-refractivity contribution in [1.82, 2.24) is 0 Å². The summed E-state index contributed by atoms with van der Waals surface area (Å²) in [5, 5.41) is 13.4. The fraction of sp³-hybridized carbons (Fsp3) is 1.00. The minimum absolute atomic E-state index is 0.666. The molecule has 0 spiro atoms. The van der Waals surface area contributed by atoms with Crippen molar-refractivity contribution >= 4 is 0 Å². The minimum Gasteiger partial charge on any atom is -0.171 e. The minimum atomic E-state index is 0.666. The molecule has 0 aliphatic rings. The molecule has 0 N–H and O–H groups in total. The Morgan fingerprint density at radius 2 is 1.67 bits per heavy atom.